The van der Waals surface area contributed by atoms with Gasteiger partial charge in [-0.2, -0.15) is 12.7 Å². The maximum Gasteiger partial charge on any atom is 0.307 e. The molecular formula is C11H23N3O4S. The quantitative estimate of drug-likeness (QED) is 0.665. The molecular weight excluding hydrogens is 270 g/mol. The second-order valence-electron chi connectivity index (χ2n) is 4.83. The summed E-state index contributed by atoms with van der Waals surface area (Å²) >= 11 is 0. The van der Waals surface area contributed by atoms with Crippen LogP contribution in [0.25, 0.3) is 0 Å². The highest BCUT2D eigenvalue weighted by Crippen LogP contribution is 2.18. The first-order valence-corrected chi connectivity index (χ1v) is 7.97. The van der Waals surface area contributed by atoms with Crippen LogP contribution >= 0.6 is 0 Å². The molecule has 0 amide bonds. The first kappa shape index (κ1) is 16.4. The minimum absolute atomic E-state index is 0.0638. The number of aliphatic carboxylic acids is 1. The number of carbonyl (C=O) groups is 1. The topological polar surface area (TPSA) is 90.0 Å². The maximum atomic E-state index is 12.0. The lowest BCUT2D eigenvalue weighted by Crippen LogP contribution is -2.48. The number of nitrogens with one attached hydrogen (secondary N) is 1. The third kappa shape index (κ3) is 5.06. The molecule has 8 heteroatoms. The lowest BCUT2D eigenvalue weighted by atomic mass is 10.0. The van der Waals surface area contributed by atoms with Gasteiger partial charge in [-0.1, -0.05) is 6.92 Å². The normalized spacial score (nSPS) is 21.7. The highest BCUT2D eigenvalue weighted by Gasteiger charge is 2.31. The average molecular weight is 293 g/mol. The molecule has 112 valence electrons. The van der Waals surface area contributed by atoms with E-state index in [9.17, 15) is 13.2 Å². The standard InChI is InChI=1S/C11H23N3O4S/c1-3-13(2)8-6-12-19(17,18)14-7-4-5-10(9-14)11(15)16/h10,12H,3-9H2,1-2H3,(H,15,16). The van der Waals surface area contributed by atoms with Crippen molar-refractivity contribution in [2.75, 3.05) is 39.8 Å². The van der Waals surface area contributed by atoms with E-state index in [1.165, 1.54) is 4.31 Å². The smallest absolute Gasteiger partial charge is 0.307 e. The van der Waals surface area contributed by atoms with Crippen molar-refractivity contribution in [3.8, 4) is 0 Å². The summed E-state index contributed by atoms with van der Waals surface area (Å²) in [5, 5.41) is 8.95. The van der Waals surface area contributed by atoms with E-state index < -0.39 is 22.1 Å². The number of likely N-dealkylation sites (N-methyl/N-ethyl adjacent to an activating group) is 1. The van der Waals surface area contributed by atoms with Crippen molar-refractivity contribution in [2.24, 2.45) is 5.92 Å². The van der Waals surface area contributed by atoms with Crippen molar-refractivity contribution < 1.29 is 18.3 Å². The van der Waals surface area contributed by atoms with Gasteiger partial charge < -0.3 is 10.0 Å². The van der Waals surface area contributed by atoms with Gasteiger partial charge in [0.1, 0.15) is 0 Å². The Morgan fingerprint density at radius 3 is 2.79 bits per heavy atom. The Kier molecular flexibility index (Phi) is 6.18. The fourth-order valence-corrected chi connectivity index (χ4v) is 3.25. The van der Waals surface area contributed by atoms with Crippen LogP contribution in [-0.2, 0) is 15.0 Å². The third-order valence-corrected chi connectivity index (χ3v) is 4.97. The first-order valence-electron chi connectivity index (χ1n) is 6.53. The monoisotopic (exact) mass is 293 g/mol. The molecule has 1 saturated heterocycles. The predicted molar refractivity (Wildman–Crippen MR) is 72.0 cm³/mol. The molecule has 0 radical (unpaired) electrons. The lowest BCUT2D eigenvalue weighted by Gasteiger charge is -2.30. The van der Waals surface area contributed by atoms with Crippen LogP contribution < -0.4 is 4.72 Å². The van der Waals surface area contributed by atoms with Gasteiger partial charge >= 0.3 is 5.97 Å². The van der Waals surface area contributed by atoms with Gasteiger partial charge in [0.05, 0.1) is 5.92 Å². The van der Waals surface area contributed by atoms with Gasteiger partial charge in [0.25, 0.3) is 10.2 Å². The fourth-order valence-electron chi connectivity index (χ4n) is 1.98. The SMILES string of the molecule is CCN(C)CCNS(=O)(=O)N1CCCC(C(=O)O)C1. The second kappa shape index (κ2) is 7.18. The van der Waals surface area contributed by atoms with Crippen LogP contribution in [0.3, 0.4) is 0 Å². The summed E-state index contributed by atoms with van der Waals surface area (Å²) in [6.07, 6.45) is 1.13. The number of rotatable bonds is 7. The molecule has 0 bridgehead atoms. The van der Waals surface area contributed by atoms with Crippen molar-refractivity contribution in [3.63, 3.8) is 0 Å². The zero-order valence-corrected chi connectivity index (χ0v) is 12.3. The number of hydrogen-bond acceptors (Lipinski definition) is 4. The van der Waals surface area contributed by atoms with Crippen LogP contribution in [0.5, 0.6) is 0 Å². The molecule has 0 aromatic heterocycles. The molecule has 0 saturated carbocycles. The Hall–Kier alpha value is -0.700. The molecule has 1 aliphatic rings. The van der Waals surface area contributed by atoms with E-state index in [4.69, 9.17) is 5.11 Å². The van der Waals surface area contributed by atoms with Crippen LogP contribution in [-0.4, -0.2) is 68.5 Å². The molecule has 0 aromatic rings. The Morgan fingerprint density at radius 2 is 2.21 bits per heavy atom. The molecule has 0 spiro atoms. The van der Waals surface area contributed by atoms with E-state index in [0.717, 1.165) is 6.54 Å². The number of piperidine rings is 1. The molecule has 19 heavy (non-hydrogen) atoms. The molecule has 7 nitrogen and oxygen atoms in total. The maximum absolute atomic E-state index is 12.0. The molecule has 1 atom stereocenters. The van der Waals surface area contributed by atoms with E-state index in [1.54, 1.807) is 0 Å². The summed E-state index contributed by atoms with van der Waals surface area (Å²) in [7, 11) is -1.65. The van der Waals surface area contributed by atoms with Gasteiger partial charge in [0.2, 0.25) is 0 Å². The average Bonchev–Trinajstić information content (AvgIpc) is 2.38. The molecule has 1 unspecified atom stereocenters. The van der Waals surface area contributed by atoms with Gasteiger partial charge in [-0.25, -0.2) is 4.72 Å². The van der Waals surface area contributed by atoms with Gasteiger partial charge in [-0.3, -0.25) is 4.79 Å². The van der Waals surface area contributed by atoms with Crippen molar-refractivity contribution in [2.45, 2.75) is 19.8 Å². The van der Waals surface area contributed by atoms with Crippen LogP contribution in [0.4, 0.5) is 0 Å². The van der Waals surface area contributed by atoms with Gasteiger partial charge in [-0.15, -0.1) is 0 Å². The van der Waals surface area contributed by atoms with Crippen LogP contribution in [0.1, 0.15) is 19.8 Å². The molecule has 1 heterocycles. The van der Waals surface area contributed by atoms with E-state index in [2.05, 4.69) is 4.72 Å². The molecule has 0 aromatic carbocycles. The van der Waals surface area contributed by atoms with E-state index in [1.807, 2.05) is 18.9 Å². The highest BCUT2D eigenvalue weighted by molar-refractivity contribution is 7.87. The molecule has 1 rings (SSSR count). The summed E-state index contributed by atoms with van der Waals surface area (Å²) in [6, 6.07) is 0. The Morgan fingerprint density at radius 1 is 1.53 bits per heavy atom. The summed E-state index contributed by atoms with van der Waals surface area (Å²) in [5.41, 5.74) is 0. The fraction of sp³-hybridized carbons (Fsp3) is 0.909. The van der Waals surface area contributed by atoms with Crippen LogP contribution in [0, 0.1) is 5.92 Å². The number of carboxylic acid groups (broad SMARTS) is 1. The molecule has 0 aliphatic carbocycles. The zero-order valence-electron chi connectivity index (χ0n) is 11.5. The van der Waals surface area contributed by atoms with Crippen LogP contribution in [0.15, 0.2) is 0 Å². The van der Waals surface area contributed by atoms with Gasteiger partial charge in [0, 0.05) is 26.2 Å². The van der Waals surface area contributed by atoms with Crippen molar-refractivity contribution >= 4 is 16.2 Å². The largest absolute Gasteiger partial charge is 0.481 e. The third-order valence-electron chi connectivity index (χ3n) is 3.39. The summed E-state index contributed by atoms with van der Waals surface area (Å²) in [4.78, 5) is 12.9. The van der Waals surface area contributed by atoms with Crippen LogP contribution in [0.2, 0.25) is 0 Å². The number of hydrogen-bond donors (Lipinski definition) is 2. The minimum Gasteiger partial charge on any atom is -0.481 e. The minimum atomic E-state index is -3.56. The lowest BCUT2D eigenvalue weighted by molar-refractivity contribution is -0.142. The number of carboxylic acids is 1. The van der Waals surface area contributed by atoms with E-state index in [-0.39, 0.29) is 6.54 Å². The Bertz CT molecular complexity index is 399. The van der Waals surface area contributed by atoms with E-state index >= 15 is 0 Å². The van der Waals surface area contributed by atoms with Gasteiger partial charge in [0.15, 0.2) is 0 Å². The van der Waals surface area contributed by atoms with Crippen molar-refractivity contribution in [3.05, 3.63) is 0 Å². The number of nitrogens with zero attached hydrogens (tertiary/aromatic N) is 2. The van der Waals surface area contributed by atoms with Crippen molar-refractivity contribution in [1.82, 2.24) is 13.9 Å². The summed E-state index contributed by atoms with van der Waals surface area (Å²) < 4.78 is 27.8. The first-order chi connectivity index (χ1) is 8.86. The van der Waals surface area contributed by atoms with E-state index in [0.29, 0.717) is 32.5 Å². The summed E-state index contributed by atoms with van der Waals surface area (Å²) in [5.74, 6) is -1.52. The Labute approximate surface area is 114 Å². The van der Waals surface area contributed by atoms with Gasteiger partial charge in [-0.05, 0) is 26.4 Å². The Balaban J connectivity index is 2.50. The molecule has 2 N–H and O–H groups in total. The van der Waals surface area contributed by atoms with Crippen molar-refractivity contribution in [1.29, 1.82) is 0 Å². The highest BCUT2D eigenvalue weighted by atomic mass is 32.2. The predicted octanol–water partition coefficient (Wildman–Crippen LogP) is -0.431. The molecule has 1 aliphatic heterocycles. The second-order valence-corrected chi connectivity index (χ2v) is 6.59. The summed E-state index contributed by atoms with van der Waals surface area (Å²) in [6.45, 7) is 4.27. The zero-order chi connectivity index (χ0) is 14.5. The molecule has 1 fully saturated rings.